The zero-order valence-corrected chi connectivity index (χ0v) is 15.9. The Labute approximate surface area is 145 Å². The maximum Gasteiger partial charge on any atom is 0.411 e. The first-order chi connectivity index (χ1) is 11.4. The van der Waals surface area contributed by atoms with Gasteiger partial charge in [0.05, 0.1) is 19.8 Å². The number of rotatable bonds is 10. The van der Waals surface area contributed by atoms with Crippen molar-refractivity contribution < 1.29 is 33.0 Å². The molecule has 10 heteroatoms. The number of thiophene rings is 1. The number of hydrogen-bond acceptors (Lipinski definition) is 7. The summed E-state index contributed by atoms with van der Waals surface area (Å²) in [6, 6.07) is 3.39. The molecule has 0 aliphatic rings. The first-order valence-electron chi connectivity index (χ1n) is 7.40. The van der Waals surface area contributed by atoms with Gasteiger partial charge in [0.25, 0.3) is 0 Å². The minimum Gasteiger partial charge on any atom is -0.450 e. The first kappa shape index (κ1) is 21.1. The highest BCUT2D eigenvalue weighted by Gasteiger charge is 2.43. The normalized spacial score (nSPS) is 15.1. The fourth-order valence-corrected chi connectivity index (χ4v) is 4.83. The van der Waals surface area contributed by atoms with Crippen LogP contribution in [0.1, 0.15) is 24.5 Å². The first-order valence-corrected chi connectivity index (χ1v) is 9.93. The fourth-order valence-electron chi connectivity index (χ4n) is 2.07. The average molecular weight is 381 g/mol. The van der Waals surface area contributed by atoms with Crippen molar-refractivity contribution in [2.24, 2.45) is 0 Å². The van der Waals surface area contributed by atoms with Crippen LogP contribution in [0, 0.1) is 0 Å². The van der Waals surface area contributed by atoms with Gasteiger partial charge in [0.2, 0.25) is 0 Å². The molecule has 0 bridgehead atoms. The molecule has 1 aromatic rings. The predicted molar refractivity (Wildman–Crippen MR) is 90.0 cm³/mol. The second-order valence-electron chi connectivity index (χ2n) is 4.62. The van der Waals surface area contributed by atoms with E-state index in [1.165, 1.54) is 25.6 Å². The summed E-state index contributed by atoms with van der Waals surface area (Å²) in [5, 5.41) is 1.75. The van der Waals surface area contributed by atoms with Gasteiger partial charge in [-0.1, -0.05) is 6.07 Å². The molecule has 1 rings (SSSR count). The number of nitrogens with zero attached hydrogens (tertiary/aromatic N) is 1. The Morgan fingerprint density at radius 3 is 2.46 bits per heavy atom. The minimum atomic E-state index is -4.18. The van der Waals surface area contributed by atoms with Gasteiger partial charge in [-0.2, -0.15) is 0 Å². The Bertz CT molecular complexity index is 535. The summed E-state index contributed by atoms with van der Waals surface area (Å²) in [7, 11) is -1.35. The van der Waals surface area contributed by atoms with E-state index in [0.29, 0.717) is 4.88 Å². The molecule has 0 saturated heterocycles. The van der Waals surface area contributed by atoms with E-state index in [1.807, 2.05) is 0 Å². The molecule has 1 aromatic heterocycles. The number of carbonyl (C=O) groups is 1. The summed E-state index contributed by atoms with van der Waals surface area (Å²) >= 11 is 1.25. The van der Waals surface area contributed by atoms with E-state index < -0.39 is 25.8 Å². The van der Waals surface area contributed by atoms with E-state index in [2.05, 4.69) is 0 Å². The molecule has 0 aliphatic carbocycles. The van der Waals surface area contributed by atoms with E-state index in [4.69, 9.17) is 18.7 Å². The Morgan fingerprint density at radius 1 is 1.33 bits per heavy atom. The molecule has 2 unspecified atom stereocenters. The molecule has 0 saturated carbocycles. The van der Waals surface area contributed by atoms with Crippen molar-refractivity contribution in [2.75, 3.05) is 34.0 Å². The molecule has 0 fully saturated rings. The quantitative estimate of drug-likeness (QED) is 0.492. The molecule has 138 valence electrons. The Hall–Kier alpha value is -0.960. The molecule has 0 aromatic carbocycles. The van der Waals surface area contributed by atoms with Crippen LogP contribution in [0.25, 0.3) is 0 Å². The third-order valence-corrected chi connectivity index (χ3v) is 5.99. The van der Waals surface area contributed by atoms with Crippen LogP contribution in [0.4, 0.5) is 4.79 Å². The van der Waals surface area contributed by atoms with Gasteiger partial charge in [0.1, 0.15) is 0 Å². The smallest absolute Gasteiger partial charge is 0.411 e. The number of hydrogen-bond donors (Lipinski definition) is 1. The summed E-state index contributed by atoms with van der Waals surface area (Å²) in [4.78, 5) is 24.4. The maximum absolute atomic E-state index is 12.7. The molecule has 0 aliphatic heterocycles. The molecule has 1 N–H and O–H groups in total. The molecule has 0 spiro atoms. The van der Waals surface area contributed by atoms with Gasteiger partial charge in [-0.25, -0.2) is 4.79 Å². The Balaban J connectivity index is 3.28. The Kier molecular flexibility index (Phi) is 8.90. The van der Waals surface area contributed by atoms with Gasteiger partial charge in [0.15, 0.2) is 12.1 Å². The lowest BCUT2D eigenvalue weighted by molar-refractivity contribution is -0.115. The molecule has 2 atom stereocenters. The van der Waals surface area contributed by atoms with Crippen LogP contribution >= 0.6 is 18.9 Å². The minimum absolute atomic E-state index is 0.0320. The highest BCUT2D eigenvalue weighted by molar-refractivity contribution is 7.53. The van der Waals surface area contributed by atoms with E-state index in [1.54, 1.807) is 31.4 Å². The predicted octanol–water partition coefficient (Wildman–Crippen LogP) is 3.05. The van der Waals surface area contributed by atoms with Crippen LogP contribution in [0.5, 0.6) is 0 Å². The molecule has 1 amide bonds. The number of amides is 1. The zero-order valence-electron chi connectivity index (χ0n) is 14.2. The maximum atomic E-state index is 12.7. The highest BCUT2D eigenvalue weighted by Crippen LogP contribution is 2.59. The van der Waals surface area contributed by atoms with Crippen molar-refractivity contribution in [1.82, 2.24) is 4.90 Å². The van der Waals surface area contributed by atoms with Crippen molar-refractivity contribution in [3.63, 3.8) is 0 Å². The number of methoxy groups -OCH3 is 2. The van der Waals surface area contributed by atoms with Crippen LogP contribution in [0.3, 0.4) is 0 Å². The van der Waals surface area contributed by atoms with E-state index in [9.17, 15) is 14.3 Å². The standard InChI is InChI=1S/C14H24NO7PS/c1-5-21-14(16)15(10-12(19-3)20-4)13(11-8-7-9-24-11)23(17,18)22-6-2/h7-9,12-13H,5-6,10H2,1-4H3,(H,17,18). The van der Waals surface area contributed by atoms with Gasteiger partial charge in [-0.05, 0) is 25.3 Å². The second-order valence-corrected chi connectivity index (χ2v) is 7.48. The lowest BCUT2D eigenvalue weighted by Crippen LogP contribution is -2.41. The lowest BCUT2D eigenvalue weighted by Gasteiger charge is -2.33. The van der Waals surface area contributed by atoms with Crippen molar-refractivity contribution >= 4 is 25.0 Å². The SMILES string of the molecule is CCOC(=O)N(CC(OC)OC)C(c1cccs1)P(=O)(O)OCC. The van der Waals surface area contributed by atoms with Crippen molar-refractivity contribution in [1.29, 1.82) is 0 Å². The van der Waals surface area contributed by atoms with Crippen LogP contribution in [0.15, 0.2) is 17.5 Å². The van der Waals surface area contributed by atoms with Crippen LogP contribution < -0.4 is 0 Å². The van der Waals surface area contributed by atoms with E-state index in [0.717, 1.165) is 4.90 Å². The van der Waals surface area contributed by atoms with Gasteiger partial charge in [0, 0.05) is 19.1 Å². The largest absolute Gasteiger partial charge is 0.450 e. The monoisotopic (exact) mass is 381 g/mol. The fraction of sp³-hybridized carbons (Fsp3) is 0.643. The van der Waals surface area contributed by atoms with Crippen LogP contribution in [0.2, 0.25) is 0 Å². The number of ether oxygens (including phenoxy) is 3. The van der Waals surface area contributed by atoms with E-state index in [-0.39, 0.29) is 19.8 Å². The van der Waals surface area contributed by atoms with E-state index >= 15 is 0 Å². The Morgan fingerprint density at radius 2 is 2.00 bits per heavy atom. The highest BCUT2D eigenvalue weighted by atomic mass is 32.1. The van der Waals surface area contributed by atoms with Crippen molar-refractivity contribution in [2.45, 2.75) is 25.9 Å². The zero-order chi connectivity index (χ0) is 18.2. The third-order valence-electron chi connectivity index (χ3n) is 3.09. The third kappa shape index (κ3) is 5.54. The van der Waals surface area contributed by atoms with Gasteiger partial charge < -0.3 is 23.6 Å². The average Bonchev–Trinajstić information content (AvgIpc) is 3.04. The van der Waals surface area contributed by atoms with Gasteiger partial charge >= 0.3 is 13.7 Å². The molecular formula is C14H24NO7PS. The molecule has 8 nitrogen and oxygen atoms in total. The molecular weight excluding hydrogens is 357 g/mol. The van der Waals surface area contributed by atoms with Crippen molar-refractivity contribution in [3.8, 4) is 0 Å². The second kappa shape index (κ2) is 10.1. The summed E-state index contributed by atoms with van der Waals surface area (Å²) < 4.78 is 33.1. The van der Waals surface area contributed by atoms with Crippen LogP contribution in [-0.4, -0.2) is 56.2 Å². The molecule has 0 radical (unpaired) electrons. The van der Waals surface area contributed by atoms with Gasteiger partial charge in [-0.15, -0.1) is 11.3 Å². The molecule has 1 heterocycles. The lowest BCUT2D eigenvalue weighted by atomic mass is 10.4. The summed E-state index contributed by atoms with van der Waals surface area (Å²) in [5.74, 6) is -1.20. The summed E-state index contributed by atoms with van der Waals surface area (Å²) in [5.41, 5.74) is 0. The summed E-state index contributed by atoms with van der Waals surface area (Å²) in [6.07, 6.45) is -1.53. The summed E-state index contributed by atoms with van der Waals surface area (Å²) in [6.45, 7) is 3.33. The van der Waals surface area contributed by atoms with Crippen molar-refractivity contribution in [3.05, 3.63) is 22.4 Å². The molecule has 24 heavy (non-hydrogen) atoms. The van der Waals surface area contributed by atoms with Gasteiger partial charge in [-0.3, -0.25) is 9.46 Å². The topological polar surface area (TPSA) is 94.5 Å². The number of carbonyl (C=O) groups excluding carboxylic acids is 1. The van der Waals surface area contributed by atoms with Crippen LogP contribution in [-0.2, 0) is 23.3 Å².